The Morgan fingerprint density at radius 1 is 1.41 bits per heavy atom. The van der Waals surface area contributed by atoms with Crippen LogP contribution in [0.3, 0.4) is 0 Å². The highest BCUT2D eigenvalue weighted by Crippen LogP contribution is 2.29. The molecule has 3 nitrogen and oxygen atoms in total. The molecule has 0 bridgehead atoms. The molecule has 17 heavy (non-hydrogen) atoms. The van der Waals surface area contributed by atoms with Crippen molar-refractivity contribution in [3.63, 3.8) is 0 Å². The molecule has 2 rings (SSSR count). The van der Waals surface area contributed by atoms with E-state index in [0.717, 1.165) is 18.1 Å². The number of Topliss-reactive ketones (excluding diaryl/α,β-unsaturated/α-hetero) is 1. The molecule has 1 aromatic heterocycles. The van der Waals surface area contributed by atoms with Gasteiger partial charge in [-0.2, -0.15) is 0 Å². The normalized spacial score (nSPS) is 16.5. The van der Waals surface area contributed by atoms with E-state index < -0.39 is 0 Å². The number of ether oxygens (including phenoxy) is 1. The second-order valence-corrected chi connectivity index (χ2v) is 4.81. The number of hydrogen-bond donors (Lipinski definition) is 0. The number of ketones is 1. The first-order valence-electron chi connectivity index (χ1n) is 6.40. The standard InChI is InChI=1S/C14H20O3/c1-16-10-12-7-9-14(17-12)13(15)8-6-11-4-2-3-5-11/h7,9,11H,2-6,8,10H2,1H3. The van der Waals surface area contributed by atoms with E-state index in [1.54, 1.807) is 13.2 Å². The van der Waals surface area contributed by atoms with Gasteiger partial charge >= 0.3 is 0 Å². The summed E-state index contributed by atoms with van der Waals surface area (Å²) in [5.41, 5.74) is 0. The lowest BCUT2D eigenvalue weighted by Gasteiger charge is -2.06. The first-order chi connectivity index (χ1) is 8.29. The third-order valence-corrected chi connectivity index (χ3v) is 3.48. The zero-order valence-electron chi connectivity index (χ0n) is 10.4. The molecule has 1 saturated carbocycles. The minimum absolute atomic E-state index is 0.124. The van der Waals surface area contributed by atoms with E-state index in [1.807, 2.05) is 6.07 Å². The van der Waals surface area contributed by atoms with Gasteiger partial charge in [-0.15, -0.1) is 0 Å². The molecule has 0 N–H and O–H groups in total. The van der Waals surface area contributed by atoms with Crippen LogP contribution in [0.1, 0.15) is 54.8 Å². The second-order valence-electron chi connectivity index (χ2n) is 4.81. The fraction of sp³-hybridized carbons (Fsp3) is 0.643. The van der Waals surface area contributed by atoms with E-state index in [4.69, 9.17) is 9.15 Å². The van der Waals surface area contributed by atoms with Crippen LogP contribution in [0.4, 0.5) is 0 Å². The number of carbonyl (C=O) groups is 1. The maximum absolute atomic E-state index is 11.9. The van der Waals surface area contributed by atoms with Crippen molar-refractivity contribution in [2.45, 2.75) is 45.1 Å². The molecule has 1 heterocycles. The average molecular weight is 236 g/mol. The van der Waals surface area contributed by atoms with Crippen LogP contribution in [0.2, 0.25) is 0 Å². The Kier molecular flexibility index (Phi) is 4.37. The van der Waals surface area contributed by atoms with Crippen LogP contribution in [0.25, 0.3) is 0 Å². The SMILES string of the molecule is COCc1ccc(C(=O)CCC2CCCC2)o1. The zero-order chi connectivity index (χ0) is 12.1. The summed E-state index contributed by atoms with van der Waals surface area (Å²) in [5.74, 6) is 2.08. The fourth-order valence-electron chi connectivity index (χ4n) is 2.51. The van der Waals surface area contributed by atoms with Crippen molar-refractivity contribution < 1.29 is 13.9 Å². The Labute approximate surface area is 102 Å². The minimum atomic E-state index is 0.124. The van der Waals surface area contributed by atoms with Crippen molar-refractivity contribution in [2.75, 3.05) is 7.11 Å². The van der Waals surface area contributed by atoms with Gasteiger partial charge in [-0.05, 0) is 24.5 Å². The van der Waals surface area contributed by atoms with E-state index in [0.29, 0.717) is 18.8 Å². The lowest BCUT2D eigenvalue weighted by molar-refractivity contribution is 0.0938. The molecule has 1 aliphatic carbocycles. The Morgan fingerprint density at radius 2 is 2.18 bits per heavy atom. The van der Waals surface area contributed by atoms with Gasteiger partial charge in [0, 0.05) is 13.5 Å². The van der Waals surface area contributed by atoms with Gasteiger partial charge in [0.2, 0.25) is 0 Å². The molecule has 1 aliphatic rings. The molecular formula is C14H20O3. The third-order valence-electron chi connectivity index (χ3n) is 3.48. The van der Waals surface area contributed by atoms with E-state index in [1.165, 1.54) is 25.7 Å². The van der Waals surface area contributed by atoms with Crippen molar-refractivity contribution in [1.82, 2.24) is 0 Å². The first-order valence-corrected chi connectivity index (χ1v) is 6.40. The molecule has 0 unspecified atom stereocenters. The number of rotatable bonds is 6. The smallest absolute Gasteiger partial charge is 0.198 e. The molecule has 0 radical (unpaired) electrons. The zero-order valence-corrected chi connectivity index (χ0v) is 10.4. The summed E-state index contributed by atoms with van der Waals surface area (Å²) in [5, 5.41) is 0. The fourth-order valence-corrected chi connectivity index (χ4v) is 2.51. The molecule has 94 valence electrons. The Balaban J connectivity index is 1.81. The van der Waals surface area contributed by atoms with Crippen LogP contribution in [-0.2, 0) is 11.3 Å². The summed E-state index contributed by atoms with van der Waals surface area (Å²) in [7, 11) is 1.62. The second kappa shape index (κ2) is 6.01. The lowest BCUT2D eigenvalue weighted by Crippen LogP contribution is -2.01. The predicted molar refractivity (Wildman–Crippen MR) is 64.9 cm³/mol. The van der Waals surface area contributed by atoms with Gasteiger partial charge in [0.05, 0.1) is 0 Å². The molecule has 0 aliphatic heterocycles. The molecule has 0 spiro atoms. The molecule has 0 aromatic carbocycles. The van der Waals surface area contributed by atoms with Crippen LogP contribution < -0.4 is 0 Å². The van der Waals surface area contributed by atoms with Crippen molar-refractivity contribution in [3.05, 3.63) is 23.7 Å². The number of carbonyl (C=O) groups excluding carboxylic acids is 1. The molecule has 1 fully saturated rings. The van der Waals surface area contributed by atoms with Gasteiger partial charge in [0.25, 0.3) is 0 Å². The monoisotopic (exact) mass is 236 g/mol. The van der Waals surface area contributed by atoms with Gasteiger partial charge in [-0.3, -0.25) is 4.79 Å². The van der Waals surface area contributed by atoms with Crippen LogP contribution >= 0.6 is 0 Å². The third kappa shape index (κ3) is 3.43. The highest BCUT2D eigenvalue weighted by molar-refractivity contribution is 5.93. The van der Waals surface area contributed by atoms with E-state index >= 15 is 0 Å². The number of furan rings is 1. The molecule has 0 amide bonds. The minimum Gasteiger partial charge on any atom is -0.456 e. The van der Waals surface area contributed by atoms with Gasteiger partial charge in [-0.1, -0.05) is 25.7 Å². The van der Waals surface area contributed by atoms with E-state index in [-0.39, 0.29) is 5.78 Å². The largest absolute Gasteiger partial charge is 0.456 e. The summed E-state index contributed by atoms with van der Waals surface area (Å²) in [6, 6.07) is 3.57. The summed E-state index contributed by atoms with van der Waals surface area (Å²) in [4.78, 5) is 11.9. The van der Waals surface area contributed by atoms with Crippen molar-refractivity contribution in [3.8, 4) is 0 Å². The maximum Gasteiger partial charge on any atom is 0.198 e. The highest BCUT2D eigenvalue weighted by atomic mass is 16.5. The molecular weight excluding hydrogens is 216 g/mol. The number of hydrogen-bond acceptors (Lipinski definition) is 3. The van der Waals surface area contributed by atoms with Crippen LogP contribution in [0, 0.1) is 5.92 Å². The Morgan fingerprint density at radius 3 is 2.88 bits per heavy atom. The van der Waals surface area contributed by atoms with Gasteiger partial charge in [0.15, 0.2) is 11.5 Å². The summed E-state index contributed by atoms with van der Waals surface area (Å²) >= 11 is 0. The van der Waals surface area contributed by atoms with Crippen molar-refractivity contribution >= 4 is 5.78 Å². The number of methoxy groups -OCH3 is 1. The Bertz CT molecular complexity index is 361. The molecule has 1 aromatic rings. The average Bonchev–Trinajstić information content (AvgIpc) is 2.97. The molecule has 3 heteroatoms. The summed E-state index contributed by atoms with van der Waals surface area (Å²) < 4.78 is 10.4. The van der Waals surface area contributed by atoms with Gasteiger partial charge in [-0.25, -0.2) is 0 Å². The lowest BCUT2D eigenvalue weighted by atomic mass is 10.00. The van der Waals surface area contributed by atoms with E-state index in [2.05, 4.69) is 0 Å². The van der Waals surface area contributed by atoms with Crippen LogP contribution in [-0.4, -0.2) is 12.9 Å². The van der Waals surface area contributed by atoms with Crippen LogP contribution in [0.5, 0.6) is 0 Å². The van der Waals surface area contributed by atoms with E-state index in [9.17, 15) is 4.79 Å². The van der Waals surface area contributed by atoms with Crippen LogP contribution in [0.15, 0.2) is 16.5 Å². The molecule has 0 saturated heterocycles. The Hall–Kier alpha value is -1.09. The highest BCUT2D eigenvalue weighted by Gasteiger charge is 2.18. The van der Waals surface area contributed by atoms with Crippen molar-refractivity contribution in [2.24, 2.45) is 5.92 Å². The maximum atomic E-state index is 11.9. The topological polar surface area (TPSA) is 39.4 Å². The van der Waals surface area contributed by atoms with Gasteiger partial charge < -0.3 is 9.15 Å². The first kappa shape index (κ1) is 12.4. The quantitative estimate of drug-likeness (QED) is 0.709. The molecule has 0 atom stereocenters. The predicted octanol–water partition coefficient (Wildman–Crippen LogP) is 3.58. The van der Waals surface area contributed by atoms with Gasteiger partial charge in [0.1, 0.15) is 12.4 Å². The summed E-state index contributed by atoms with van der Waals surface area (Å²) in [6.45, 7) is 0.426. The van der Waals surface area contributed by atoms with Crippen molar-refractivity contribution in [1.29, 1.82) is 0 Å². The summed E-state index contributed by atoms with van der Waals surface area (Å²) in [6.07, 6.45) is 6.87.